The normalized spacial score (nSPS) is 18.4. The van der Waals surface area contributed by atoms with Crippen LogP contribution in [0.1, 0.15) is 17.4 Å². The molecule has 1 unspecified atom stereocenters. The molecule has 2 aromatic rings. The van der Waals surface area contributed by atoms with Crippen molar-refractivity contribution in [3.8, 4) is 0 Å². The molecule has 3 rings (SSSR count). The van der Waals surface area contributed by atoms with E-state index in [-0.39, 0.29) is 0 Å². The van der Waals surface area contributed by atoms with Gasteiger partial charge in [-0.3, -0.25) is 4.98 Å². The molecule has 0 amide bonds. The third-order valence-corrected chi connectivity index (χ3v) is 4.44. The summed E-state index contributed by atoms with van der Waals surface area (Å²) < 4.78 is 5.34. The lowest BCUT2D eigenvalue weighted by Crippen LogP contribution is -2.51. The van der Waals surface area contributed by atoms with Gasteiger partial charge in [0.2, 0.25) is 0 Å². The number of aliphatic hydroxyl groups excluding tert-OH is 1. The van der Waals surface area contributed by atoms with Gasteiger partial charge >= 0.3 is 0 Å². The Hall–Kier alpha value is -1.13. The second kappa shape index (κ2) is 5.34. The van der Waals surface area contributed by atoms with Crippen molar-refractivity contribution in [2.75, 3.05) is 13.2 Å². The van der Waals surface area contributed by atoms with Gasteiger partial charge < -0.3 is 9.84 Å². The summed E-state index contributed by atoms with van der Waals surface area (Å²) in [6.07, 6.45) is 0.926. The number of halogens is 2. The lowest BCUT2D eigenvalue weighted by molar-refractivity contribution is -0.122. The molecule has 0 radical (unpaired) electrons. The van der Waals surface area contributed by atoms with Crippen LogP contribution in [-0.2, 0) is 10.2 Å². The minimum atomic E-state index is -0.741. The third kappa shape index (κ3) is 2.21. The Kier molecular flexibility index (Phi) is 3.69. The van der Waals surface area contributed by atoms with Gasteiger partial charge in [-0.2, -0.15) is 0 Å². The van der Waals surface area contributed by atoms with E-state index < -0.39 is 11.5 Å². The van der Waals surface area contributed by atoms with Crippen molar-refractivity contribution in [3.63, 3.8) is 0 Å². The first kappa shape index (κ1) is 13.8. The van der Waals surface area contributed by atoms with Crippen LogP contribution in [0.5, 0.6) is 0 Å². The number of rotatable bonds is 3. The second-order valence-corrected chi connectivity index (χ2v) is 5.75. The van der Waals surface area contributed by atoms with E-state index in [1.165, 1.54) is 0 Å². The largest absolute Gasteiger partial charge is 0.386 e. The molecule has 1 atom stereocenters. The predicted molar refractivity (Wildman–Crippen MR) is 78.2 cm³/mol. The molecule has 104 valence electrons. The molecule has 2 heterocycles. The first-order chi connectivity index (χ1) is 9.63. The Morgan fingerprint density at radius 2 is 1.95 bits per heavy atom. The summed E-state index contributed by atoms with van der Waals surface area (Å²) in [5.41, 5.74) is 1.03. The summed E-state index contributed by atoms with van der Waals surface area (Å²) in [5, 5.41) is 11.7. The van der Waals surface area contributed by atoms with Gasteiger partial charge in [-0.25, -0.2) is 0 Å². The fourth-order valence-corrected chi connectivity index (χ4v) is 2.73. The highest BCUT2D eigenvalue weighted by Gasteiger charge is 2.48. The lowest BCUT2D eigenvalue weighted by Gasteiger charge is -2.45. The van der Waals surface area contributed by atoms with Gasteiger partial charge in [0.15, 0.2) is 0 Å². The van der Waals surface area contributed by atoms with Gasteiger partial charge in [0.1, 0.15) is 6.10 Å². The number of aliphatic hydroxyl groups is 1. The Morgan fingerprint density at radius 3 is 2.50 bits per heavy atom. The summed E-state index contributed by atoms with van der Waals surface area (Å²) in [7, 11) is 0. The fraction of sp³-hybridized carbons (Fsp3) is 0.267. The molecule has 5 heteroatoms. The Balaban J connectivity index is 2.01. The predicted octanol–water partition coefficient (Wildman–Crippen LogP) is 3.39. The summed E-state index contributed by atoms with van der Waals surface area (Å²) in [5.74, 6) is 0. The molecule has 0 aliphatic carbocycles. The summed E-state index contributed by atoms with van der Waals surface area (Å²) in [6.45, 7) is 0.866. The van der Waals surface area contributed by atoms with E-state index in [1.54, 1.807) is 18.3 Å². The zero-order chi connectivity index (χ0) is 14.2. The quantitative estimate of drug-likeness (QED) is 0.945. The second-order valence-electron chi connectivity index (χ2n) is 4.93. The van der Waals surface area contributed by atoms with Crippen molar-refractivity contribution in [3.05, 3.63) is 63.9 Å². The number of pyridine rings is 1. The van der Waals surface area contributed by atoms with Gasteiger partial charge in [-0.05, 0) is 29.8 Å². The minimum Gasteiger partial charge on any atom is -0.386 e. The van der Waals surface area contributed by atoms with E-state index in [1.807, 2.05) is 24.3 Å². The maximum atomic E-state index is 10.7. The SMILES string of the molecule is OC(c1ccccn1)C1(c2ccc(Cl)c(Cl)c2)COC1. The fourth-order valence-electron chi connectivity index (χ4n) is 2.43. The van der Waals surface area contributed by atoms with Crippen LogP contribution >= 0.6 is 23.2 Å². The first-order valence-corrected chi connectivity index (χ1v) is 7.01. The zero-order valence-electron chi connectivity index (χ0n) is 10.6. The summed E-state index contributed by atoms with van der Waals surface area (Å²) >= 11 is 12.0. The topological polar surface area (TPSA) is 42.4 Å². The number of hydrogen-bond donors (Lipinski definition) is 1. The molecule has 0 bridgehead atoms. The molecular weight excluding hydrogens is 297 g/mol. The van der Waals surface area contributed by atoms with E-state index >= 15 is 0 Å². The van der Waals surface area contributed by atoms with Crippen LogP contribution in [0, 0.1) is 0 Å². The van der Waals surface area contributed by atoms with Crippen LogP contribution in [0.3, 0.4) is 0 Å². The molecule has 1 saturated heterocycles. The highest BCUT2D eigenvalue weighted by molar-refractivity contribution is 6.42. The average Bonchev–Trinajstić information content (AvgIpc) is 2.42. The van der Waals surface area contributed by atoms with Crippen LogP contribution < -0.4 is 0 Å². The molecule has 1 aromatic carbocycles. The molecule has 1 fully saturated rings. The minimum absolute atomic E-state index is 0.433. The van der Waals surface area contributed by atoms with Crippen LogP contribution in [-0.4, -0.2) is 23.3 Å². The van der Waals surface area contributed by atoms with E-state index in [2.05, 4.69) is 4.98 Å². The smallest absolute Gasteiger partial charge is 0.110 e. The van der Waals surface area contributed by atoms with Crippen LogP contribution in [0.2, 0.25) is 10.0 Å². The zero-order valence-corrected chi connectivity index (χ0v) is 12.1. The number of ether oxygens (including phenoxy) is 1. The van der Waals surface area contributed by atoms with Crippen molar-refractivity contribution < 1.29 is 9.84 Å². The van der Waals surface area contributed by atoms with Gasteiger partial charge in [0.25, 0.3) is 0 Å². The van der Waals surface area contributed by atoms with E-state index in [4.69, 9.17) is 27.9 Å². The maximum absolute atomic E-state index is 10.7. The highest BCUT2D eigenvalue weighted by atomic mass is 35.5. The molecule has 3 nitrogen and oxygen atoms in total. The molecule has 20 heavy (non-hydrogen) atoms. The van der Waals surface area contributed by atoms with E-state index in [0.717, 1.165) is 5.56 Å². The van der Waals surface area contributed by atoms with Crippen molar-refractivity contribution in [2.45, 2.75) is 11.5 Å². The third-order valence-electron chi connectivity index (χ3n) is 3.71. The van der Waals surface area contributed by atoms with Crippen LogP contribution in [0.25, 0.3) is 0 Å². The molecule has 0 saturated carbocycles. The Labute approximate surface area is 127 Å². The molecule has 1 N–H and O–H groups in total. The van der Waals surface area contributed by atoms with E-state index in [9.17, 15) is 5.11 Å². The van der Waals surface area contributed by atoms with Crippen LogP contribution in [0.4, 0.5) is 0 Å². The Morgan fingerprint density at radius 1 is 1.15 bits per heavy atom. The molecule has 1 aliphatic heterocycles. The van der Waals surface area contributed by atoms with Crippen molar-refractivity contribution in [1.29, 1.82) is 0 Å². The van der Waals surface area contributed by atoms with Crippen LogP contribution in [0.15, 0.2) is 42.6 Å². The van der Waals surface area contributed by atoms with Crippen molar-refractivity contribution >= 4 is 23.2 Å². The number of benzene rings is 1. The number of nitrogens with zero attached hydrogens (tertiary/aromatic N) is 1. The van der Waals surface area contributed by atoms with Gasteiger partial charge in [0.05, 0.1) is 34.4 Å². The highest BCUT2D eigenvalue weighted by Crippen LogP contribution is 2.44. The molecular formula is C15H13Cl2NO2. The van der Waals surface area contributed by atoms with E-state index in [0.29, 0.717) is 29.0 Å². The average molecular weight is 310 g/mol. The lowest BCUT2D eigenvalue weighted by atomic mass is 9.72. The van der Waals surface area contributed by atoms with Crippen molar-refractivity contribution in [1.82, 2.24) is 4.98 Å². The number of hydrogen-bond acceptors (Lipinski definition) is 3. The Bertz CT molecular complexity index is 615. The summed E-state index contributed by atoms with van der Waals surface area (Å²) in [4.78, 5) is 4.23. The first-order valence-electron chi connectivity index (χ1n) is 6.26. The number of aromatic nitrogens is 1. The van der Waals surface area contributed by atoms with Gasteiger partial charge in [-0.15, -0.1) is 0 Å². The molecule has 0 spiro atoms. The molecule has 1 aliphatic rings. The van der Waals surface area contributed by atoms with Gasteiger partial charge in [0, 0.05) is 6.20 Å². The maximum Gasteiger partial charge on any atom is 0.110 e. The monoisotopic (exact) mass is 309 g/mol. The van der Waals surface area contributed by atoms with Gasteiger partial charge in [-0.1, -0.05) is 35.3 Å². The molecule has 1 aromatic heterocycles. The van der Waals surface area contributed by atoms with Crippen molar-refractivity contribution in [2.24, 2.45) is 0 Å². The standard InChI is InChI=1S/C15H13Cl2NO2/c16-11-5-4-10(7-12(11)17)15(8-20-9-15)14(19)13-3-1-2-6-18-13/h1-7,14,19H,8-9H2. The summed E-state index contributed by atoms with van der Waals surface area (Å²) in [6, 6.07) is 10.9.